The Hall–Kier alpha value is -1.98. The lowest BCUT2D eigenvalue weighted by Crippen LogP contribution is -2.30. The molecule has 1 saturated heterocycles. The van der Waals surface area contributed by atoms with Crippen LogP contribution in [0, 0.1) is 0 Å². The van der Waals surface area contributed by atoms with Crippen molar-refractivity contribution in [2.24, 2.45) is 0 Å². The van der Waals surface area contributed by atoms with E-state index in [2.05, 4.69) is 5.32 Å². The van der Waals surface area contributed by atoms with E-state index in [0.29, 0.717) is 18.5 Å². The molecule has 3 rings (SSSR count). The zero-order valence-electron chi connectivity index (χ0n) is 15.1. The first-order valence-electron chi connectivity index (χ1n) is 9.15. The second-order valence-corrected chi connectivity index (χ2v) is 8.02. The van der Waals surface area contributed by atoms with Crippen LogP contribution in [0.2, 0.25) is 5.02 Å². The SMILES string of the molecule is O=C(NCCCN1CCCC1=O)c1ccc(CSc2ccc(Cl)cc2)cc1. The van der Waals surface area contributed by atoms with Crippen LogP contribution in [0.1, 0.15) is 35.2 Å². The highest BCUT2D eigenvalue weighted by molar-refractivity contribution is 7.98. The topological polar surface area (TPSA) is 49.4 Å². The van der Waals surface area contributed by atoms with Crippen LogP contribution in [0.25, 0.3) is 0 Å². The van der Waals surface area contributed by atoms with Gasteiger partial charge in [-0.2, -0.15) is 0 Å². The van der Waals surface area contributed by atoms with Gasteiger partial charge >= 0.3 is 0 Å². The zero-order valence-corrected chi connectivity index (χ0v) is 16.7. The number of carbonyl (C=O) groups is 2. The fourth-order valence-electron chi connectivity index (χ4n) is 2.96. The lowest BCUT2D eigenvalue weighted by molar-refractivity contribution is -0.127. The summed E-state index contributed by atoms with van der Waals surface area (Å²) in [4.78, 5) is 26.8. The Balaban J connectivity index is 1.40. The third kappa shape index (κ3) is 6.01. The molecule has 0 atom stereocenters. The van der Waals surface area contributed by atoms with Gasteiger partial charge in [0.05, 0.1) is 0 Å². The van der Waals surface area contributed by atoms with Gasteiger partial charge < -0.3 is 10.2 Å². The summed E-state index contributed by atoms with van der Waals surface area (Å²) in [5.41, 5.74) is 1.83. The number of carbonyl (C=O) groups excluding carboxylic acids is 2. The van der Waals surface area contributed by atoms with Crippen molar-refractivity contribution >= 4 is 35.2 Å². The summed E-state index contributed by atoms with van der Waals surface area (Å²) in [6.45, 7) is 2.15. The second kappa shape index (κ2) is 9.81. The van der Waals surface area contributed by atoms with Gasteiger partial charge in [-0.05, 0) is 54.8 Å². The van der Waals surface area contributed by atoms with Gasteiger partial charge in [-0.25, -0.2) is 0 Å². The van der Waals surface area contributed by atoms with Crippen molar-refractivity contribution in [2.75, 3.05) is 19.6 Å². The van der Waals surface area contributed by atoms with Crippen molar-refractivity contribution in [3.63, 3.8) is 0 Å². The molecule has 0 unspecified atom stereocenters. The third-order valence-electron chi connectivity index (χ3n) is 4.50. The Labute approximate surface area is 169 Å². The summed E-state index contributed by atoms with van der Waals surface area (Å²) in [6, 6.07) is 15.5. The predicted octanol–water partition coefficient (Wildman–Crippen LogP) is 4.37. The molecule has 142 valence electrons. The largest absolute Gasteiger partial charge is 0.352 e. The van der Waals surface area contributed by atoms with E-state index in [-0.39, 0.29) is 11.8 Å². The molecule has 1 aliphatic rings. The number of benzene rings is 2. The van der Waals surface area contributed by atoms with Crippen LogP contribution in [-0.2, 0) is 10.5 Å². The minimum atomic E-state index is -0.0698. The van der Waals surface area contributed by atoms with Crippen LogP contribution in [0.4, 0.5) is 0 Å². The van der Waals surface area contributed by atoms with E-state index >= 15 is 0 Å². The molecule has 1 fully saturated rings. The molecule has 2 amide bonds. The van der Waals surface area contributed by atoms with Gasteiger partial charge in [-0.3, -0.25) is 9.59 Å². The molecular formula is C21H23ClN2O2S. The second-order valence-electron chi connectivity index (χ2n) is 6.53. The number of nitrogens with zero attached hydrogens (tertiary/aromatic N) is 1. The van der Waals surface area contributed by atoms with Gasteiger partial charge in [0.15, 0.2) is 0 Å². The van der Waals surface area contributed by atoms with Gasteiger partial charge in [-0.1, -0.05) is 23.7 Å². The van der Waals surface area contributed by atoms with E-state index in [0.717, 1.165) is 41.6 Å². The average molecular weight is 403 g/mol. The smallest absolute Gasteiger partial charge is 0.251 e. The van der Waals surface area contributed by atoms with Crippen LogP contribution in [-0.4, -0.2) is 36.3 Å². The minimum absolute atomic E-state index is 0.0698. The van der Waals surface area contributed by atoms with Crippen LogP contribution in [0.3, 0.4) is 0 Å². The Morgan fingerprint density at radius 1 is 1.11 bits per heavy atom. The summed E-state index contributed by atoms with van der Waals surface area (Å²) in [7, 11) is 0. The lowest BCUT2D eigenvalue weighted by Gasteiger charge is -2.15. The summed E-state index contributed by atoms with van der Waals surface area (Å²) in [5, 5.41) is 3.66. The van der Waals surface area contributed by atoms with E-state index in [9.17, 15) is 9.59 Å². The molecule has 0 aromatic heterocycles. The molecule has 0 bridgehead atoms. The monoisotopic (exact) mass is 402 g/mol. The molecule has 27 heavy (non-hydrogen) atoms. The number of nitrogens with one attached hydrogen (secondary N) is 1. The molecule has 2 aromatic carbocycles. The van der Waals surface area contributed by atoms with Crippen molar-refractivity contribution in [3.05, 3.63) is 64.7 Å². The molecule has 0 aliphatic carbocycles. The highest BCUT2D eigenvalue weighted by Gasteiger charge is 2.19. The maximum atomic E-state index is 12.2. The van der Waals surface area contributed by atoms with Gasteiger partial charge in [0.25, 0.3) is 5.91 Å². The van der Waals surface area contributed by atoms with Crippen molar-refractivity contribution in [1.82, 2.24) is 10.2 Å². The van der Waals surface area contributed by atoms with Gasteiger partial charge in [0.1, 0.15) is 0 Å². The molecule has 0 spiro atoms. The number of amides is 2. The average Bonchev–Trinajstić information content (AvgIpc) is 3.10. The molecule has 6 heteroatoms. The van der Waals surface area contributed by atoms with E-state index < -0.39 is 0 Å². The van der Waals surface area contributed by atoms with E-state index in [1.807, 2.05) is 53.4 Å². The highest BCUT2D eigenvalue weighted by Crippen LogP contribution is 2.24. The Morgan fingerprint density at radius 2 is 1.85 bits per heavy atom. The van der Waals surface area contributed by atoms with E-state index in [4.69, 9.17) is 11.6 Å². The molecule has 0 radical (unpaired) electrons. The molecule has 1 aliphatic heterocycles. The first-order chi connectivity index (χ1) is 13.1. The Bertz CT molecular complexity index is 778. The summed E-state index contributed by atoms with van der Waals surface area (Å²) in [5.74, 6) is 1.00. The standard InChI is InChI=1S/C21H23ClN2O2S/c22-18-8-10-19(11-9-18)27-15-16-4-6-17(7-5-16)21(26)23-12-2-14-24-13-1-3-20(24)25/h4-11H,1-3,12-15H2,(H,23,26). The van der Waals surface area contributed by atoms with E-state index in [1.54, 1.807) is 11.8 Å². The van der Waals surface area contributed by atoms with Crippen LogP contribution in [0.5, 0.6) is 0 Å². The first kappa shape index (κ1) is 19.8. The van der Waals surface area contributed by atoms with Crippen LogP contribution < -0.4 is 5.32 Å². The number of hydrogen-bond donors (Lipinski definition) is 1. The van der Waals surface area contributed by atoms with Crippen molar-refractivity contribution in [3.8, 4) is 0 Å². The van der Waals surface area contributed by atoms with Crippen LogP contribution >= 0.6 is 23.4 Å². The predicted molar refractivity (Wildman–Crippen MR) is 110 cm³/mol. The van der Waals surface area contributed by atoms with Crippen molar-refractivity contribution in [1.29, 1.82) is 0 Å². The van der Waals surface area contributed by atoms with Gasteiger partial charge in [-0.15, -0.1) is 11.8 Å². The van der Waals surface area contributed by atoms with Gasteiger partial charge in [0.2, 0.25) is 5.91 Å². The molecule has 0 saturated carbocycles. The van der Waals surface area contributed by atoms with E-state index in [1.165, 1.54) is 5.56 Å². The number of hydrogen-bond acceptors (Lipinski definition) is 3. The fraction of sp³-hybridized carbons (Fsp3) is 0.333. The molecular weight excluding hydrogens is 380 g/mol. The normalized spacial score (nSPS) is 13.8. The molecule has 4 nitrogen and oxygen atoms in total. The summed E-state index contributed by atoms with van der Waals surface area (Å²) in [6.07, 6.45) is 2.40. The first-order valence-corrected chi connectivity index (χ1v) is 10.5. The van der Waals surface area contributed by atoms with Crippen LogP contribution in [0.15, 0.2) is 53.4 Å². The molecule has 2 aromatic rings. The lowest BCUT2D eigenvalue weighted by atomic mass is 10.1. The minimum Gasteiger partial charge on any atom is -0.352 e. The summed E-state index contributed by atoms with van der Waals surface area (Å²) >= 11 is 7.63. The van der Waals surface area contributed by atoms with Crippen molar-refractivity contribution in [2.45, 2.75) is 29.9 Å². The number of thioether (sulfide) groups is 1. The van der Waals surface area contributed by atoms with Crippen molar-refractivity contribution < 1.29 is 9.59 Å². The summed E-state index contributed by atoms with van der Waals surface area (Å²) < 4.78 is 0. The number of likely N-dealkylation sites (tertiary alicyclic amines) is 1. The zero-order chi connectivity index (χ0) is 19.1. The maximum absolute atomic E-state index is 12.2. The molecule has 1 N–H and O–H groups in total. The number of rotatable bonds is 8. The fourth-order valence-corrected chi connectivity index (χ4v) is 3.94. The van der Waals surface area contributed by atoms with Gasteiger partial charge in [0, 0.05) is 47.3 Å². The number of halogens is 1. The highest BCUT2D eigenvalue weighted by atomic mass is 35.5. The Morgan fingerprint density at radius 3 is 2.52 bits per heavy atom. The molecule has 1 heterocycles. The Kier molecular flexibility index (Phi) is 7.18. The quantitative estimate of drug-likeness (QED) is 0.526. The third-order valence-corrected chi connectivity index (χ3v) is 5.83. The maximum Gasteiger partial charge on any atom is 0.251 e.